The summed E-state index contributed by atoms with van der Waals surface area (Å²) in [6, 6.07) is -0.760. The molecular formula is C12H24N2O5S. The highest BCUT2D eigenvalue weighted by atomic mass is 32.2. The first-order chi connectivity index (χ1) is 9.09. The highest BCUT2D eigenvalue weighted by Gasteiger charge is 2.42. The Morgan fingerprint density at radius 1 is 1.50 bits per heavy atom. The molecule has 1 atom stereocenters. The van der Waals surface area contributed by atoms with Crippen LogP contribution in [0.5, 0.6) is 0 Å². The lowest BCUT2D eigenvalue weighted by Crippen LogP contribution is -2.50. The maximum Gasteiger partial charge on any atom is 0.324 e. The van der Waals surface area contributed by atoms with Crippen LogP contribution in [-0.2, 0) is 19.7 Å². The topological polar surface area (TPSA) is 87.2 Å². The molecule has 0 aromatic rings. The van der Waals surface area contributed by atoms with Crippen molar-refractivity contribution in [2.75, 3.05) is 26.7 Å². The van der Waals surface area contributed by atoms with E-state index in [0.29, 0.717) is 19.4 Å². The Morgan fingerprint density at radius 2 is 2.10 bits per heavy atom. The summed E-state index contributed by atoms with van der Waals surface area (Å²) in [5.41, 5.74) is -1.14. The molecule has 0 aliphatic carbocycles. The van der Waals surface area contributed by atoms with Gasteiger partial charge in [-0.25, -0.2) is 0 Å². The number of rotatable bonds is 6. The first kappa shape index (κ1) is 17.4. The van der Waals surface area contributed by atoms with Gasteiger partial charge in [0.1, 0.15) is 6.04 Å². The van der Waals surface area contributed by atoms with E-state index < -0.39 is 27.8 Å². The van der Waals surface area contributed by atoms with Gasteiger partial charge in [-0.15, -0.1) is 0 Å². The monoisotopic (exact) mass is 308 g/mol. The minimum Gasteiger partial charge on any atom is -0.465 e. The van der Waals surface area contributed by atoms with E-state index in [1.54, 1.807) is 6.92 Å². The summed E-state index contributed by atoms with van der Waals surface area (Å²) >= 11 is 0. The standard InChI is InChI=1S/C12H24N2O5S/c1-5-19-11(15)10-7-6-8-14(10)20(17,18)13(4)9-12(2,3)16/h10,16H,5-9H2,1-4H3. The van der Waals surface area contributed by atoms with Crippen LogP contribution in [0.15, 0.2) is 0 Å². The van der Waals surface area contributed by atoms with E-state index in [9.17, 15) is 18.3 Å². The number of carbonyl (C=O) groups excluding carboxylic acids is 1. The average Bonchev–Trinajstić information content (AvgIpc) is 2.76. The molecule has 20 heavy (non-hydrogen) atoms. The lowest BCUT2D eigenvalue weighted by Gasteiger charge is -2.30. The number of nitrogens with zero attached hydrogens (tertiary/aromatic N) is 2. The Bertz CT molecular complexity index is 443. The first-order valence-corrected chi connectivity index (χ1v) is 8.11. The van der Waals surface area contributed by atoms with Gasteiger partial charge < -0.3 is 9.84 Å². The second-order valence-corrected chi connectivity index (χ2v) is 7.59. The summed E-state index contributed by atoms with van der Waals surface area (Å²) in [6.45, 7) is 5.23. The van der Waals surface area contributed by atoms with Crippen molar-refractivity contribution in [3.8, 4) is 0 Å². The lowest BCUT2D eigenvalue weighted by molar-refractivity contribution is -0.146. The predicted molar refractivity (Wildman–Crippen MR) is 74.2 cm³/mol. The number of hydrogen-bond acceptors (Lipinski definition) is 5. The maximum atomic E-state index is 12.5. The van der Waals surface area contributed by atoms with E-state index in [1.165, 1.54) is 20.9 Å². The van der Waals surface area contributed by atoms with Gasteiger partial charge in [-0.05, 0) is 33.6 Å². The molecule has 0 radical (unpaired) electrons. The molecule has 0 bridgehead atoms. The van der Waals surface area contributed by atoms with E-state index >= 15 is 0 Å². The number of carbonyl (C=O) groups is 1. The third kappa shape index (κ3) is 4.15. The van der Waals surface area contributed by atoms with Gasteiger partial charge in [-0.2, -0.15) is 17.0 Å². The normalized spacial score (nSPS) is 21.4. The molecular weight excluding hydrogens is 284 g/mol. The molecule has 1 aliphatic rings. The zero-order chi connectivity index (χ0) is 15.6. The van der Waals surface area contributed by atoms with Crippen LogP contribution < -0.4 is 0 Å². The smallest absolute Gasteiger partial charge is 0.324 e. The highest BCUT2D eigenvalue weighted by Crippen LogP contribution is 2.24. The SMILES string of the molecule is CCOC(=O)C1CCCN1S(=O)(=O)N(C)CC(C)(C)O. The third-order valence-corrected chi connectivity index (χ3v) is 5.01. The first-order valence-electron chi connectivity index (χ1n) is 6.71. The Morgan fingerprint density at radius 3 is 2.60 bits per heavy atom. The highest BCUT2D eigenvalue weighted by molar-refractivity contribution is 7.86. The van der Waals surface area contributed by atoms with Crippen molar-refractivity contribution in [3.63, 3.8) is 0 Å². The largest absolute Gasteiger partial charge is 0.465 e. The number of hydrogen-bond donors (Lipinski definition) is 1. The Hall–Kier alpha value is -0.700. The minimum absolute atomic E-state index is 0.0403. The quantitative estimate of drug-likeness (QED) is 0.696. The number of aliphatic hydroxyl groups is 1. The molecule has 1 unspecified atom stereocenters. The molecule has 1 saturated heterocycles. The molecule has 0 saturated carbocycles. The van der Waals surface area contributed by atoms with Crippen LogP contribution in [0.3, 0.4) is 0 Å². The van der Waals surface area contributed by atoms with Crippen molar-refractivity contribution in [1.29, 1.82) is 0 Å². The Labute approximate surface area is 120 Å². The van der Waals surface area contributed by atoms with Gasteiger partial charge in [0.15, 0.2) is 0 Å². The van der Waals surface area contributed by atoms with Crippen molar-refractivity contribution in [2.24, 2.45) is 0 Å². The molecule has 0 spiro atoms. The van der Waals surface area contributed by atoms with Crippen LogP contribution in [0.25, 0.3) is 0 Å². The van der Waals surface area contributed by atoms with E-state index in [2.05, 4.69) is 0 Å². The van der Waals surface area contributed by atoms with Crippen molar-refractivity contribution < 1.29 is 23.1 Å². The fraction of sp³-hybridized carbons (Fsp3) is 0.917. The van der Waals surface area contributed by atoms with Crippen LogP contribution in [0.2, 0.25) is 0 Å². The third-order valence-electron chi connectivity index (χ3n) is 3.06. The summed E-state index contributed by atoms with van der Waals surface area (Å²) in [5.74, 6) is -0.509. The van der Waals surface area contributed by atoms with Crippen LogP contribution in [0, 0.1) is 0 Å². The molecule has 0 amide bonds. The predicted octanol–water partition coefficient (Wildman–Crippen LogP) is -0.0386. The van der Waals surface area contributed by atoms with Gasteiger partial charge >= 0.3 is 5.97 Å². The zero-order valence-electron chi connectivity index (χ0n) is 12.5. The fourth-order valence-electron chi connectivity index (χ4n) is 2.30. The Kier molecular flexibility index (Phi) is 5.54. The summed E-state index contributed by atoms with van der Waals surface area (Å²) in [4.78, 5) is 11.8. The molecule has 8 heteroatoms. The van der Waals surface area contributed by atoms with Crippen molar-refractivity contribution >= 4 is 16.2 Å². The molecule has 1 N–H and O–H groups in total. The molecule has 1 fully saturated rings. The van der Waals surface area contributed by atoms with E-state index in [0.717, 1.165) is 8.61 Å². The van der Waals surface area contributed by atoms with E-state index in [-0.39, 0.29) is 13.2 Å². The molecule has 1 heterocycles. The second kappa shape index (κ2) is 6.38. The summed E-state index contributed by atoms with van der Waals surface area (Å²) < 4.78 is 32.1. The number of ether oxygens (including phenoxy) is 1. The maximum absolute atomic E-state index is 12.5. The molecule has 7 nitrogen and oxygen atoms in total. The molecule has 1 aliphatic heterocycles. The molecule has 1 rings (SSSR count). The van der Waals surface area contributed by atoms with Crippen molar-refractivity contribution in [1.82, 2.24) is 8.61 Å². The van der Waals surface area contributed by atoms with Crippen LogP contribution in [0.4, 0.5) is 0 Å². The fourth-order valence-corrected chi connectivity index (χ4v) is 4.01. The van der Waals surface area contributed by atoms with Gasteiger partial charge in [0.05, 0.1) is 12.2 Å². The number of likely N-dealkylation sites (N-methyl/N-ethyl adjacent to an activating group) is 1. The summed E-state index contributed by atoms with van der Waals surface area (Å²) in [6.07, 6.45) is 1.09. The second-order valence-electron chi connectivity index (χ2n) is 5.60. The van der Waals surface area contributed by atoms with Gasteiger partial charge in [0, 0.05) is 20.1 Å². The van der Waals surface area contributed by atoms with Crippen LogP contribution >= 0.6 is 0 Å². The minimum atomic E-state index is -3.78. The summed E-state index contributed by atoms with van der Waals surface area (Å²) in [7, 11) is -2.38. The van der Waals surface area contributed by atoms with Crippen LogP contribution in [-0.4, -0.2) is 66.5 Å². The van der Waals surface area contributed by atoms with Crippen LogP contribution in [0.1, 0.15) is 33.6 Å². The zero-order valence-corrected chi connectivity index (χ0v) is 13.3. The molecule has 118 valence electrons. The van der Waals surface area contributed by atoms with E-state index in [1.807, 2.05) is 0 Å². The van der Waals surface area contributed by atoms with Gasteiger partial charge in [0.2, 0.25) is 0 Å². The number of esters is 1. The lowest BCUT2D eigenvalue weighted by atomic mass is 10.1. The molecule has 0 aromatic heterocycles. The van der Waals surface area contributed by atoms with E-state index in [4.69, 9.17) is 4.74 Å². The molecule has 0 aromatic carbocycles. The average molecular weight is 308 g/mol. The Balaban J connectivity index is 2.88. The van der Waals surface area contributed by atoms with Crippen molar-refractivity contribution in [3.05, 3.63) is 0 Å². The van der Waals surface area contributed by atoms with Crippen molar-refractivity contribution in [2.45, 2.75) is 45.3 Å². The summed E-state index contributed by atoms with van der Waals surface area (Å²) in [5, 5.41) is 9.74. The van der Waals surface area contributed by atoms with Gasteiger partial charge in [-0.3, -0.25) is 4.79 Å². The van der Waals surface area contributed by atoms with Gasteiger partial charge in [0.25, 0.3) is 10.2 Å². The van der Waals surface area contributed by atoms with Gasteiger partial charge in [-0.1, -0.05) is 0 Å².